The molecular weight excluding hydrogens is 255 g/mol. The summed E-state index contributed by atoms with van der Waals surface area (Å²) in [4.78, 5) is 10.8. The van der Waals surface area contributed by atoms with Crippen LogP contribution in [0.1, 0.15) is 22.0 Å². The number of aliphatic hydroxyl groups is 2. The molecule has 0 bridgehead atoms. The van der Waals surface area contributed by atoms with Crippen LogP contribution in [0.2, 0.25) is 5.02 Å². The van der Waals surface area contributed by atoms with E-state index in [0.717, 1.165) is 0 Å². The van der Waals surface area contributed by atoms with Crippen molar-refractivity contribution in [2.45, 2.75) is 12.2 Å². The third-order valence-corrected chi connectivity index (χ3v) is 2.73. The molecule has 6 heteroatoms. The van der Waals surface area contributed by atoms with E-state index >= 15 is 0 Å². The Kier molecular flexibility index (Phi) is 4.56. The molecule has 1 aromatic carbocycles. The van der Waals surface area contributed by atoms with Crippen molar-refractivity contribution in [2.75, 3.05) is 5.88 Å². The van der Waals surface area contributed by atoms with Crippen LogP contribution in [0, 0.1) is 0 Å². The average Bonchev–Trinajstić information content (AvgIpc) is 2.27. The van der Waals surface area contributed by atoms with E-state index in [1.54, 1.807) is 0 Å². The smallest absolute Gasteiger partial charge is 0.337 e. The lowest BCUT2D eigenvalue weighted by atomic mass is 10.0. The summed E-state index contributed by atoms with van der Waals surface area (Å²) in [6.45, 7) is 0. The summed E-state index contributed by atoms with van der Waals surface area (Å²) < 4.78 is 0. The van der Waals surface area contributed by atoms with Gasteiger partial charge in [-0.1, -0.05) is 17.7 Å². The normalized spacial score (nSPS) is 14.5. The number of carboxylic acid groups (broad SMARTS) is 1. The number of rotatable bonds is 4. The number of benzene rings is 1. The molecule has 0 heterocycles. The Morgan fingerprint density at radius 2 is 2.00 bits per heavy atom. The van der Waals surface area contributed by atoms with Gasteiger partial charge in [0.15, 0.2) is 0 Å². The van der Waals surface area contributed by atoms with E-state index in [1.165, 1.54) is 18.2 Å². The maximum Gasteiger partial charge on any atom is 0.337 e. The molecule has 0 aliphatic rings. The van der Waals surface area contributed by atoms with Crippen LogP contribution in [-0.2, 0) is 0 Å². The van der Waals surface area contributed by atoms with Gasteiger partial charge in [-0.3, -0.25) is 0 Å². The fourth-order valence-corrected chi connectivity index (χ4v) is 1.56. The Morgan fingerprint density at radius 1 is 1.38 bits per heavy atom. The summed E-state index contributed by atoms with van der Waals surface area (Å²) in [7, 11) is 0. The van der Waals surface area contributed by atoms with Crippen LogP contribution in [0.4, 0.5) is 0 Å². The number of halogens is 2. The predicted molar refractivity (Wildman–Crippen MR) is 60.1 cm³/mol. The number of carboxylic acids is 1. The molecule has 1 rings (SSSR count). The molecule has 88 valence electrons. The van der Waals surface area contributed by atoms with Crippen molar-refractivity contribution in [1.82, 2.24) is 0 Å². The maximum absolute atomic E-state index is 10.8. The highest BCUT2D eigenvalue weighted by molar-refractivity contribution is 6.33. The summed E-state index contributed by atoms with van der Waals surface area (Å²) >= 11 is 11.0. The first-order chi connectivity index (χ1) is 7.47. The zero-order valence-electron chi connectivity index (χ0n) is 8.10. The van der Waals surface area contributed by atoms with Crippen molar-refractivity contribution in [3.8, 4) is 0 Å². The summed E-state index contributed by atoms with van der Waals surface area (Å²) in [5.74, 6) is -1.34. The van der Waals surface area contributed by atoms with Gasteiger partial charge in [0.2, 0.25) is 0 Å². The van der Waals surface area contributed by atoms with Crippen molar-refractivity contribution < 1.29 is 20.1 Å². The summed E-state index contributed by atoms with van der Waals surface area (Å²) in [5.41, 5.74) is 0.134. The summed E-state index contributed by atoms with van der Waals surface area (Å²) in [6, 6.07) is 4.00. The zero-order chi connectivity index (χ0) is 12.3. The number of aliphatic hydroxyl groups excluding tert-OH is 2. The molecule has 0 aliphatic heterocycles. The lowest BCUT2D eigenvalue weighted by Gasteiger charge is -2.16. The molecule has 0 radical (unpaired) electrons. The molecule has 0 saturated carbocycles. The van der Waals surface area contributed by atoms with Gasteiger partial charge in [-0.15, -0.1) is 11.6 Å². The summed E-state index contributed by atoms with van der Waals surface area (Å²) in [5, 5.41) is 27.8. The highest BCUT2D eigenvalue weighted by atomic mass is 35.5. The van der Waals surface area contributed by atoms with Crippen LogP contribution in [0.5, 0.6) is 0 Å². The van der Waals surface area contributed by atoms with E-state index in [2.05, 4.69) is 0 Å². The number of carbonyl (C=O) groups is 1. The van der Waals surface area contributed by atoms with E-state index in [9.17, 15) is 15.0 Å². The first-order valence-electron chi connectivity index (χ1n) is 4.42. The minimum absolute atomic E-state index is 0.0730. The number of hydrogen-bond donors (Lipinski definition) is 3. The van der Waals surface area contributed by atoms with Gasteiger partial charge >= 0.3 is 5.97 Å². The second-order valence-corrected chi connectivity index (χ2v) is 3.93. The molecule has 3 N–H and O–H groups in total. The van der Waals surface area contributed by atoms with Crippen LogP contribution >= 0.6 is 23.2 Å². The van der Waals surface area contributed by atoms with Gasteiger partial charge in [-0.05, 0) is 17.7 Å². The first-order valence-corrected chi connectivity index (χ1v) is 5.33. The van der Waals surface area contributed by atoms with Gasteiger partial charge in [-0.25, -0.2) is 4.79 Å². The molecule has 0 aromatic heterocycles. The molecule has 2 atom stereocenters. The molecule has 0 spiro atoms. The van der Waals surface area contributed by atoms with E-state index in [4.69, 9.17) is 28.3 Å². The number of hydrogen-bond acceptors (Lipinski definition) is 3. The fourth-order valence-electron chi connectivity index (χ4n) is 1.20. The van der Waals surface area contributed by atoms with Gasteiger partial charge in [0.05, 0.1) is 22.6 Å². The largest absolute Gasteiger partial charge is 0.478 e. The standard InChI is InChI=1S/C10H10Cl2O4/c11-4-8(13)9(14)5-1-2-7(12)6(3-5)10(15)16/h1-3,8-9,13-14H,4H2,(H,15,16). The number of alkyl halides is 1. The van der Waals surface area contributed by atoms with E-state index in [1.807, 2.05) is 0 Å². The topological polar surface area (TPSA) is 77.8 Å². The van der Waals surface area contributed by atoms with Crippen LogP contribution in [0.25, 0.3) is 0 Å². The van der Waals surface area contributed by atoms with Crippen molar-refractivity contribution in [2.24, 2.45) is 0 Å². The quantitative estimate of drug-likeness (QED) is 0.723. The van der Waals surface area contributed by atoms with E-state index in [-0.39, 0.29) is 22.0 Å². The summed E-state index contributed by atoms with van der Waals surface area (Å²) in [6.07, 6.45) is -2.38. The zero-order valence-corrected chi connectivity index (χ0v) is 9.61. The van der Waals surface area contributed by atoms with Gasteiger partial charge < -0.3 is 15.3 Å². The average molecular weight is 265 g/mol. The van der Waals surface area contributed by atoms with Crippen molar-refractivity contribution in [3.63, 3.8) is 0 Å². The van der Waals surface area contributed by atoms with Gasteiger partial charge in [0.25, 0.3) is 0 Å². The Bertz CT molecular complexity index is 394. The molecule has 16 heavy (non-hydrogen) atoms. The van der Waals surface area contributed by atoms with Crippen LogP contribution in [0.15, 0.2) is 18.2 Å². The van der Waals surface area contributed by atoms with Crippen molar-refractivity contribution in [3.05, 3.63) is 34.3 Å². The third kappa shape index (κ3) is 2.86. The van der Waals surface area contributed by atoms with Crippen molar-refractivity contribution >= 4 is 29.2 Å². The monoisotopic (exact) mass is 264 g/mol. The van der Waals surface area contributed by atoms with Gasteiger partial charge in [0, 0.05) is 0 Å². The predicted octanol–water partition coefficient (Wildman–Crippen LogP) is 1.67. The van der Waals surface area contributed by atoms with Crippen LogP contribution in [0.3, 0.4) is 0 Å². The Morgan fingerprint density at radius 3 is 2.50 bits per heavy atom. The van der Waals surface area contributed by atoms with Crippen molar-refractivity contribution in [1.29, 1.82) is 0 Å². The second kappa shape index (κ2) is 5.50. The fraction of sp³-hybridized carbons (Fsp3) is 0.300. The lowest BCUT2D eigenvalue weighted by Crippen LogP contribution is -2.20. The SMILES string of the molecule is O=C(O)c1cc(C(O)C(O)CCl)ccc1Cl. The Hall–Kier alpha value is -0.810. The van der Waals surface area contributed by atoms with Gasteiger partial charge in [0.1, 0.15) is 6.10 Å². The minimum atomic E-state index is -1.23. The number of aromatic carboxylic acids is 1. The molecule has 4 nitrogen and oxygen atoms in total. The molecule has 1 aromatic rings. The first kappa shape index (κ1) is 13.3. The molecule has 0 saturated heterocycles. The maximum atomic E-state index is 10.8. The van der Waals surface area contributed by atoms with Crippen LogP contribution < -0.4 is 0 Å². The third-order valence-electron chi connectivity index (χ3n) is 2.08. The lowest BCUT2D eigenvalue weighted by molar-refractivity contribution is 0.0326. The van der Waals surface area contributed by atoms with E-state index in [0.29, 0.717) is 0 Å². The van der Waals surface area contributed by atoms with Gasteiger partial charge in [-0.2, -0.15) is 0 Å². The highest BCUT2D eigenvalue weighted by Gasteiger charge is 2.19. The molecule has 0 aliphatic carbocycles. The molecule has 0 amide bonds. The van der Waals surface area contributed by atoms with Crippen LogP contribution in [-0.4, -0.2) is 33.3 Å². The Balaban J connectivity index is 3.07. The second-order valence-electron chi connectivity index (χ2n) is 3.21. The Labute approximate surface area is 102 Å². The minimum Gasteiger partial charge on any atom is -0.478 e. The molecular formula is C10H10Cl2O4. The van der Waals surface area contributed by atoms with E-state index < -0.39 is 18.2 Å². The highest BCUT2D eigenvalue weighted by Crippen LogP contribution is 2.23. The molecule has 2 unspecified atom stereocenters. The molecule has 0 fully saturated rings.